The zero-order chi connectivity index (χ0) is 21.5. The fraction of sp³-hybridized carbons (Fsp3) is 0.286. The topological polar surface area (TPSA) is 147 Å². The lowest BCUT2D eigenvalue weighted by molar-refractivity contribution is 0.0517. The third kappa shape index (κ3) is 7.48. The van der Waals surface area contributed by atoms with E-state index in [9.17, 15) is 26.4 Å². The molecular weight excluding hydrogens is 474 g/mol. The highest BCUT2D eigenvalue weighted by Gasteiger charge is 2.17. The molecule has 2 N–H and O–H groups in total. The summed E-state index contributed by atoms with van der Waals surface area (Å²) in [4.78, 5) is 22.3. The van der Waals surface area contributed by atoms with E-state index in [0.29, 0.717) is 0 Å². The molecule has 14 heteroatoms. The quantitative estimate of drug-likeness (QED) is 0.480. The first-order chi connectivity index (χ1) is 12.9. The third-order valence-corrected chi connectivity index (χ3v) is 8.12. The van der Waals surface area contributed by atoms with Gasteiger partial charge in [-0.25, -0.2) is 31.6 Å². The Labute approximate surface area is 174 Å². The van der Waals surface area contributed by atoms with Crippen molar-refractivity contribution in [2.24, 2.45) is 5.14 Å². The molecular formula is C14H16ClNO8S4. The van der Waals surface area contributed by atoms with Gasteiger partial charge in [-0.15, -0.1) is 22.7 Å². The highest BCUT2D eigenvalue weighted by molar-refractivity contribution is 8.15. The van der Waals surface area contributed by atoms with Crippen LogP contribution in [-0.2, 0) is 28.5 Å². The minimum absolute atomic E-state index is 0.0412. The van der Waals surface area contributed by atoms with Gasteiger partial charge in [0.1, 0.15) is 8.42 Å². The molecule has 0 amide bonds. The fourth-order valence-electron chi connectivity index (χ4n) is 1.55. The Kier molecular flexibility index (Phi) is 9.04. The Hall–Kier alpha value is -1.51. The molecule has 0 atom stereocenters. The average molecular weight is 490 g/mol. The number of sulfonamides is 1. The van der Waals surface area contributed by atoms with E-state index in [1.54, 1.807) is 13.8 Å². The van der Waals surface area contributed by atoms with E-state index in [-0.39, 0.29) is 32.8 Å². The SMILES string of the molecule is CCOC(=O)c1csc(S(=O)(=O)Cl)c1.CCOC(=O)c1csc(S(N)(=O)=O)c1. The maximum absolute atomic E-state index is 11.1. The number of carbonyl (C=O) groups excluding carboxylic acids is 2. The first-order valence-electron chi connectivity index (χ1n) is 7.38. The number of rotatable bonds is 6. The van der Waals surface area contributed by atoms with Crippen molar-refractivity contribution in [2.75, 3.05) is 13.2 Å². The number of ether oxygens (including phenoxy) is 2. The number of nitrogens with two attached hydrogens (primary N) is 1. The van der Waals surface area contributed by atoms with Crippen LogP contribution in [0.3, 0.4) is 0 Å². The number of thiophene rings is 2. The maximum Gasteiger partial charge on any atom is 0.339 e. The summed E-state index contributed by atoms with van der Waals surface area (Å²) in [7, 11) is -2.38. The van der Waals surface area contributed by atoms with Crippen LogP contribution in [0.4, 0.5) is 0 Å². The summed E-state index contributed by atoms with van der Waals surface area (Å²) >= 11 is 1.79. The van der Waals surface area contributed by atoms with Crippen LogP contribution in [0.15, 0.2) is 31.3 Å². The van der Waals surface area contributed by atoms with Gasteiger partial charge in [0.2, 0.25) is 10.0 Å². The van der Waals surface area contributed by atoms with Gasteiger partial charge < -0.3 is 9.47 Å². The number of hydrogen-bond donors (Lipinski definition) is 1. The summed E-state index contributed by atoms with van der Waals surface area (Å²) in [5.41, 5.74) is 0.414. The molecule has 2 aromatic rings. The standard InChI is InChI=1S/C7H7ClO4S2.C7H9NO4S2/c2*1-2-12-7(9)5-3-6(13-4-5)14(8,10)11/h3-4H,2H2,1H3;3-4H,2H2,1H3,(H2,8,10,11). The van der Waals surface area contributed by atoms with Crippen LogP contribution in [0.5, 0.6) is 0 Å². The fourth-order valence-corrected chi connectivity index (χ4v) is 5.06. The molecule has 0 aliphatic heterocycles. The summed E-state index contributed by atoms with van der Waals surface area (Å²) in [6.45, 7) is 3.84. The van der Waals surface area contributed by atoms with Gasteiger partial charge in [0.05, 0.1) is 24.3 Å². The first kappa shape index (κ1) is 24.5. The molecule has 0 aromatic carbocycles. The molecule has 0 unspecified atom stereocenters. The first-order valence-corrected chi connectivity index (χ1v) is 13.0. The highest BCUT2D eigenvalue weighted by atomic mass is 35.7. The van der Waals surface area contributed by atoms with Crippen molar-refractivity contribution in [1.82, 2.24) is 0 Å². The van der Waals surface area contributed by atoms with Crippen LogP contribution >= 0.6 is 33.4 Å². The maximum atomic E-state index is 11.1. The van der Waals surface area contributed by atoms with E-state index in [0.717, 1.165) is 22.7 Å². The van der Waals surface area contributed by atoms with E-state index < -0.39 is 31.0 Å². The van der Waals surface area contributed by atoms with Crippen LogP contribution < -0.4 is 5.14 Å². The van der Waals surface area contributed by atoms with E-state index in [1.165, 1.54) is 22.9 Å². The van der Waals surface area contributed by atoms with Crippen molar-refractivity contribution >= 4 is 64.4 Å². The Morgan fingerprint density at radius 2 is 1.32 bits per heavy atom. The third-order valence-electron chi connectivity index (χ3n) is 2.69. The molecule has 2 rings (SSSR count). The van der Waals surface area contributed by atoms with Gasteiger partial charge in [0.25, 0.3) is 9.05 Å². The average Bonchev–Trinajstić information content (AvgIpc) is 3.25. The van der Waals surface area contributed by atoms with E-state index >= 15 is 0 Å². The molecule has 0 bridgehead atoms. The molecule has 0 fully saturated rings. The van der Waals surface area contributed by atoms with Gasteiger partial charge in [-0.2, -0.15) is 0 Å². The monoisotopic (exact) mass is 489 g/mol. The van der Waals surface area contributed by atoms with Crippen molar-refractivity contribution in [2.45, 2.75) is 22.3 Å². The van der Waals surface area contributed by atoms with Gasteiger partial charge in [-0.1, -0.05) is 0 Å². The van der Waals surface area contributed by atoms with Crippen molar-refractivity contribution in [3.63, 3.8) is 0 Å². The molecule has 0 spiro atoms. The van der Waals surface area contributed by atoms with E-state index in [2.05, 4.69) is 9.47 Å². The van der Waals surface area contributed by atoms with Gasteiger partial charge in [-0.3, -0.25) is 0 Å². The van der Waals surface area contributed by atoms with Crippen LogP contribution in [0.1, 0.15) is 34.6 Å². The van der Waals surface area contributed by atoms with E-state index in [4.69, 9.17) is 15.8 Å². The summed E-state index contributed by atoms with van der Waals surface area (Å²) in [5.74, 6) is -1.09. The largest absolute Gasteiger partial charge is 0.462 e. The normalized spacial score (nSPS) is 11.3. The lowest BCUT2D eigenvalue weighted by Crippen LogP contribution is -2.10. The van der Waals surface area contributed by atoms with Crippen LogP contribution in [0, 0.1) is 0 Å². The molecule has 2 heterocycles. The Balaban J connectivity index is 0.000000280. The van der Waals surface area contributed by atoms with Gasteiger partial charge in [0, 0.05) is 21.4 Å². The number of halogens is 1. The number of carbonyl (C=O) groups is 2. The molecule has 0 saturated carbocycles. The Morgan fingerprint density at radius 1 is 0.929 bits per heavy atom. The second-order valence-electron chi connectivity index (χ2n) is 4.73. The number of primary sulfonamides is 1. The van der Waals surface area contributed by atoms with Gasteiger partial charge in [0.15, 0.2) is 0 Å². The summed E-state index contributed by atoms with van der Waals surface area (Å²) in [6.07, 6.45) is 0. The minimum atomic E-state index is -3.75. The van der Waals surface area contributed by atoms with Gasteiger partial charge >= 0.3 is 11.9 Å². The van der Waals surface area contributed by atoms with Crippen molar-refractivity contribution in [1.29, 1.82) is 0 Å². The summed E-state index contributed by atoms with van der Waals surface area (Å²) in [5, 5.41) is 7.67. The predicted molar refractivity (Wildman–Crippen MR) is 105 cm³/mol. The lowest BCUT2D eigenvalue weighted by atomic mass is 10.3. The molecule has 28 heavy (non-hydrogen) atoms. The van der Waals surface area contributed by atoms with Crippen molar-refractivity contribution < 1.29 is 35.9 Å². The van der Waals surface area contributed by atoms with Crippen molar-refractivity contribution in [3.05, 3.63) is 34.0 Å². The van der Waals surface area contributed by atoms with E-state index in [1.807, 2.05) is 0 Å². The van der Waals surface area contributed by atoms with Gasteiger partial charge in [-0.05, 0) is 26.0 Å². The Morgan fingerprint density at radius 3 is 1.61 bits per heavy atom. The van der Waals surface area contributed by atoms with Crippen LogP contribution in [-0.4, -0.2) is 42.0 Å². The van der Waals surface area contributed by atoms with Crippen LogP contribution in [0.2, 0.25) is 0 Å². The molecule has 156 valence electrons. The minimum Gasteiger partial charge on any atom is -0.462 e. The summed E-state index contributed by atoms with van der Waals surface area (Å²) in [6, 6.07) is 2.41. The number of esters is 2. The summed E-state index contributed by atoms with van der Waals surface area (Å²) < 4.78 is 52.7. The van der Waals surface area contributed by atoms with Crippen molar-refractivity contribution in [3.8, 4) is 0 Å². The molecule has 2 aromatic heterocycles. The second kappa shape index (κ2) is 10.3. The molecule has 9 nitrogen and oxygen atoms in total. The van der Waals surface area contributed by atoms with Crippen LogP contribution in [0.25, 0.3) is 0 Å². The number of hydrogen-bond acceptors (Lipinski definition) is 10. The molecule has 0 aliphatic rings. The predicted octanol–water partition coefficient (Wildman–Crippen LogP) is 2.42. The lowest BCUT2D eigenvalue weighted by Gasteiger charge is -1.96. The zero-order valence-electron chi connectivity index (χ0n) is 14.6. The molecule has 0 radical (unpaired) electrons. The molecule has 0 saturated heterocycles. The smallest absolute Gasteiger partial charge is 0.339 e. The highest BCUT2D eigenvalue weighted by Crippen LogP contribution is 2.24. The molecule has 0 aliphatic carbocycles. The second-order valence-corrected chi connectivity index (χ2v) is 11.1. The Bertz CT molecular complexity index is 955. The zero-order valence-corrected chi connectivity index (χ0v) is 18.6.